The number of carbonyl (C=O) groups excluding carboxylic acids is 2. The lowest BCUT2D eigenvalue weighted by Gasteiger charge is -2.23. The van der Waals surface area contributed by atoms with Crippen LogP contribution in [0.1, 0.15) is 40.4 Å². The highest BCUT2D eigenvalue weighted by Crippen LogP contribution is 2.15. The minimum atomic E-state index is -1.14. The van der Waals surface area contributed by atoms with Crippen LogP contribution in [0, 0.1) is 0 Å². The predicted molar refractivity (Wildman–Crippen MR) is 146 cm³/mol. The molecule has 0 unspecified atom stereocenters. The number of nitrogens with one attached hydrogen (secondary N) is 1. The number of thioether (sulfide) groups is 1. The summed E-state index contributed by atoms with van der Waals surface area (Å²) in [6, 6.07) is 24.7. The number of hydrogen-bond acceptors (Lipinski definition) is 4. The number of amides is 3. The second-order valence-corrected chi connectivity index (χ2v) is 9.20. The van der Waals surface area contributed by atoms with Gasteiger partial charge in [0.2, 0.25) is 0 Å². The van der Waals surface area contributed by atoms with Crippen LogP contribution in [-0.4, -0.2) is 46.3 Å². The predicted octanol–water partition coefficient (Wildman–Crippen LogP) is 5.81. The fourth-order valence-corrected chi connectivity index (χ4v) is 4.48. The second-order valence-electron chi connectivity index (χ2n) is 8.17. The van der Waals surface area contributed by atoms with Gasteiger partial charge in [0.1, 0.15) is 6.04 Å². The molecule has 0 saturated carbocycles. The molecule has 0 spiro atoms. The van der Waals surface area contributed by atoms with Gasteiger partial charge in [-0.2, -0.15) is 11.8 Å². The Morgan fingerprint density at radius 1 is 0.917 bits per heavy atom. The van der Waals surface area contributed by atoms with Gasteiger partial charge in [0.15, 0.2) is 0 Å². The highest BCUT2D eigenvalue weighted by atomic mass is 32.2. The monoisotopic (exact) mass is 502 g/mol. The van der Waals surface area contributed by atoms with Crippen molar-refractivity contribution in [3.05, 3.63) is 107 Å². The van der Waals surface area contributed by atoms with Crippen molar-refractivity contribution in [2.75, 3.05) is 12.3 Å². The summed E-state index contributed by atoms with van der Waals surface area (Å²) in [6.45, 7) is 2.04. The average Bonchev–Trinajstić information content (AvgIpc) is 2.90. The van der Waals surface area contributed by atoms with Crippen molar-refractivity contribution in [1.29, 1.82) is 0 Å². The fourth-order valence-electron chi connectivity index (χ4n) is 3.48. The normalized spacial score (nSPS) is 11.7. The molecule has 0 bridgehead atoms. The van der Waals surface area contributed by atoms with Crippen LogP contribution in [-0.2, 0) is 10.5 Å². The average molecular weight is 503 g/mol. The van der Waals surface area contributed by atoms with Crippen molar-refractivity contribution >= 4 is 41.8 Å². The molecule has 0 aliphatic rings. The third-order valence-electron chi connectivity index (χ3n) is 5.33. The molecule has 0 aromatic heterocycles. The van der Waals surface area contributed by atoms with Crippen LogP contribution in [0.2, 0.25) is 0 Å². The lowest BCUT2D eigenvalue weighted by Crippen LogP contribution is -2.51. The molecule has 3 amide bonds. The third-order valence-corrected chi connectivity index (χ3v) is 6.44. The van der Waals surface area contributed by atoms with E-state index >= 15 is 0 Å². The molecular formula is C29H30N2O4S. The maximum Gasteiger partial charge on any atom is 0.327 e. The van der Waals surface area contributed by atoms with Crippen molar-refractivity contribution in [3.63, 3.8) is 0 Å². The third kappa shape index (κ3) is 8.13. The molecule has 6 nitrogen and oxygen atoms in total. The van der Waals surface area contributed by atoms with Gasteiger partial charge in [-0.25, -0.2) is 9.59 Å². The molecule has 3 aromatic carbocycles. The van der Waals surface area contributed by atoms with Crippen molar-refractivity contribution in [2.45, 2.75) is 25.1 Å². The number of benzene rings is 3. The zero-order chi connectivity index (χ0) is 25.8. The van der Waals surface area contributed by atoms with E-state index in [-0.39, 0.29) is 12.3 Å². The van der Waals surface area contributed by atoms with Crippen LogP contribution in [0.15, 0.2) is 84.9 Å². The zero-order valence-electron chi connectivity index (χ0n) is 20.2. The van der Waals surface area contributed by atoms with Crippen LogP contribution in [0.3, 0.4) is 0 Å². The van der Waals surface area contributed by atoms with Crippen LogP contribution in [0.25, 0.3) is 12.2 Å². The number of nitrogens with zero attached hydrogens (tertiary/aromatic N) is 1. The molecule has 0 aliphatic carbocycles. The van der Waals surface area contributed by atoms with Crippen molar-refractivity contribution in [3.8, 4) is 0 Å². The Hall–Kier alpha value is -3.84. The van der Waals surface area contributed by atoms with E-state index in [1.807, 2.05) is 85.8 Å². The molecule has 2 N–H and O–H groups in total. The van der Waals surface area contributed by atoms with E-state index in [2.05, 4.69) is 5.32 Å². The van der Waals surface area contributed by atoms with E-state index < -0.39 is 23.9 Å². The lowest BCUT2D eigenvalue weighted by molar-refractivity contribution is -0.138. The van der Waals surface area contributed by atoms with Gasteiger partial charge in [0.25, 0.3) is 5.91 Å². The highest BCUT2D eigenvalue weighted by Gasteiger charge is 2.27. The molecule has 0 radical (unpaired) electrons. The summed E-state index contributed by atoms with van der Waals surface area (Å²) in [5, 5.41) is 12.2. The van der Waals surface area contributed by atoms with Crippen LogP contribution < -0.4 is 5.32 Å². The Bertz CT molecular complexity index is 1180. The van der Waals surface area contributed by atoms with Gasteiger partial charge in [-0.15, -0.1) is 0 Å². The number of carbonyl (C=O) groups is 3. The first kappa shape index (κ1) is 26.8. The van der Waals surface area contributed by atoms with Crippen molar-refractivity contribution < 1.29 is 19.5 Å². The summed E-state index contributed by atoms with van der Waals surface area (Å²) in [5.74, 6) is -0.795. The fraction of sp³-hybridized carbons (Fsp3) is 0.207. The van der Waals surface area contributed by atoms with Gasteiger partial charge in [-0.05, 0) is 35.2 Å². The van der Waals surface area contributed by atoms with Gasteiger partial charge in [0, 0.05) is 23.6 Å². The molecule has 186 valence electrons. The Labute approximate surface area is 216 Å². The summed E-state index contributed by atoms with van der Waals surface area (Å²) in [4.78, 5) is 39.1. The molecular weight excluding hydrogens is 472 g/mol. The summed E-state index contributed by atoms with van der Waals surface area (Å²) < 4.78 is 0. The van der Waals surface area contributed by atoms with Gasteiger partial charge >= 0.3 is 12.0 Å². The summed E-state index contributed by atoms with van der Waals surface area (Å²) in [6.07, 6.45) is 4.40. The first-order valence-corrected chi connectivity index (χ1v) is 12.9. The van der Waals surface area contributed by atoms with E-state index in [0.29, 0.717) is 17.7 Å². The maximum absolute atomic E-state index is 13.2. The first-order chi connectivity index (χ1) is 17.5. The molecule has 3 aromatic rings. The topological polar surface area (TPSA) is 86.7 Å². The smallest absolute Gasteiger partial charge is 0.327 e. The Balaban J connectivity index is 1.67. The quantitative estimate of drug-likeness (QED) is 0.323. The number of rotatable bonds is 11. The van der Waals surface area contributed by atoms with Crippen molar-refractivity contribution in [2.24, 2.45) is 0 Å². The Morgan fingerprint density at radius 2 is 1.56 bits per heavy atom. The highest BCUT2D eigenvalue weighted by molar-refractivity contribution is 7.98. The first-order valence-electron chi connectivity index (χ1n) is 11.8. The van der Waals surface area contributed by atoms with E-state index in [1.54, 1.807) is 18.2 Å². The molecule has 3 rings (SSSR count). The minimum absolute atomic E-state index is 0.179. The standard InChI is InChI=1S/C29H30N2O4S/c1-2-18-31(29(35)30-26(28(33)34)21-36-20-24-12-7-4-8-13-24)27(32)25-15-9-14-23(19-25)17-16-22-10-5-3-6-11-22/h3-17,19,26H,2,18,20-21H2,1H3,(H,30,35)(H,33,34)/t26-/m0/s1. The number of urea groups is 1. The molecule has 0 saturated heterocycles. The molecule has 7 heteroatoms. The Morgan fingerprint density at radius 3 is 2.22 bits per heavy atom. The van der Waals surface area contributed by atoms with Gasteiger partial charge in [-0.1, -0.05) is 91.9 Å². The lowest BCUT2D eigenvalue weighted by atomic mass is 10.1. The number of carboxylic acid groups (broad SMARTS) is 1. The van der Waals surface area contributed by atoms with Crippen molar-refractivity contribution in [1.82, 2.24) is 10.2 Å². The SMILES string of the molecule is CCCN(C(=O)N[C@@H](CSCc1ccccc1)C(=O)O)C(=O)c1cccc(C=Cc2ccccc2)c1. The van der Waals surface area contributed by atoms with E-state index in [9.17, 15) is 19.5 Å². The molecule has 36 heavy (non-hydrogen) atoms. The number of imide groups is 1. The number of aliphatic carboxylic acids is 1. The van der Waals surface area contributed by atoms with Gasteiger partial charge in [-0.3, -0.25) is 9.69 Å². The molecule has 0 aliphatic heterocycles. The van der Waals surface area contributed by atoms with Crippen LogP contribution >= 0.6 is 11.8 Å². The summed E-state index contributed by atoms with van der Waals surface area (Å²) >= 11 is 1.41. The van der Waals surface area contributed by atoms with E-state index in [4.69, 9.17) is 0 Å². The molecule has 0 fully saturated rings. The second kappa shape index (κ2) is 13.9. The van der Waals surface area contributed by atoms with E-state index in [1.165, 1.54) is 11.8 Å². The maximum atomic E-state index is 13.2. The Kier molecular flexibility index (Phi) is 10.3. The summed E-state index contributed by atoms with van der Waals surface area (Å²) in [7, 11) is 0. The largest absolute Gasteiger partial charge is 0.480 e. The van der Waals surface area contributed by atoms with Crippen LogP contribution in [0.5, 0.6) is 0 Å². The molecule has 1 atom stereocenters. The number of hydrogen-bond donors (Lipinski definition) is 2. The number of carboxylic acids is 1. The van der Waals surface area contributed by atoms with Gasteiger partial charge < -0.3 is 10.4 Å². The zero-order valence-corrected chi connectivity index (χ0v) is 21.0. The molecule has 0 heterocycles. The summed E-state index contributed by atoms with van der Waals surface area (Å²) in [5.41, 5.74) is 3.29. The minimum Gasteiger partial charge on any atom is -0.480 e. The van der Waals surface area contributed by atoms with E-state index in [0.717, 1.165) is 21.6 Å². The van der Waals surface area contributed by atoms with Gasteiger partial charge in [0.05, 0.1) is 0 Å². The van der Waals surface area contributed by atoms with Crippen LogP contribution in [0.4, 0.5) is 4.79 Å².